The molecule has 6 heteroatoms. The predicted molar refractivity (Wildman–Crippen MR) is 61.3 cm³/mol. The second-order valence-corrected chi connectivity index (χ2v) is 5.86. The Balaban J connectivity index is 2.37. The van der Waals surface area contributed by atoms with Crippen molar-refractivity contribution in [2.24, 2.45) is 16.6 Å². The highest BCUT2D eigenvalue weighted by Gasteiger charge is 2.18. The van der Waals surface area contributed by atoms with Gasteiger partial charge in [0, 0.05) is 5.92 Å². The normalized spacial score (nSPS) is 19.7. The van der Waals surface area contributed by atoms with Crippen LogP contribution in [0, 0.1) is 5.92 Å². The minimum atomic E-state index is -3.15. The molecular weight excluding hydrogens is 214 g/mol. The van der Waals surface area contributed by atoms with E-state index in [0.29, 0.717) is 11.8 Å². The summed E-state index contributed by atoms with van der Waals surface area (Å²) >= 11 is 0. The molecular formula is C9H19N3O2S. The molecule has 1 saturated carbocycles. The molecule has 0 aromatic rings. The number of sulfonamides is 1. The summed E-state index contributed by atoms with van der Waals surface area (Å²) in [6.45, 7) is 0.255. The van der Waals surface area contributed by atoms with Crippen LogP contribution >= 0.6 is 0 Å². The third-order valence-corrected chi connectivity index (χ3v) is 4.08. The van der Waals surface area contributed by atoms with Crippen LogP contribution < -0.4 is 10.5 Å². The largest absolute Gasteiger partial charge is 0.387 e. The highest BCUT2D eigenvalue weighted by molar-refractivity contribution is 7.89. The van der Waals surface area contributed by atoms with Crippen LogP contribution in [0.25, 0.3) is 0 Å². The Labute approximate surface area is 91.2 Å². The molecule has 0 atom stereocenters. The predicted octanol–water partition coefficient (Wildman–Crippen LogP) is 0.0830. The van der Waals surface area contributed by atoms with Crippen LogP contribution in [0.5, 0.6) is 0 Å². The number of amidine groups is 1. The first-order chi connectivity index (χ1) is 7.05. The Kier molecular flexibility index (Phi) is 4.53. The molecule has 0 radical (unpaired) electrons. The summed E-state index contributed by atoms with van der Waals surface area (Å²) in [7, 11) is -1.75. The summed E-state index contributed by atoms with van der Waals surface area (Å²) in [6, 6.07) is 0. The highest BCUT2D eigenvalue weighted by Crippen LogP contribution is 2.24. The molecule has 0 spiro atoms. The van der Waals surface area contributed by atoms with Gasteiger partial charge < -0.3 is 5.73 Å². The average molecular weight is 233 g/mol. The molecule has 0 unspecified atom stereocenters. The van der Waals surface area contributed by atoms with Gasteiger partial charge in [-0.2, -0.15) is 0 Å². The Hall–Kier alpha value is -0.620. The molecule has 1 aliphatic carbocycles. The van der Waals surface area contributed by atoms with Crippen molar-refractivity contribution in [2.45, 2.75) is 25.7 Å². The number of aliphatic imine (C=N–C) groups is 1. The number of nitrogens with one attached hydrogen (secondary N) is 1. The number of hydrogen-bond acceptors (Lipinski definition) is 3. The standard InChI is InChI=1S/C9H19N3O2S/c1-11-15(13,14)7-6-12-9(10)8-4-2-3-5-8/h8,11H,2-7H2,1H3,(H2,10,12). The maximum absolute atomic E-state index is 11.1. The SMILES string of the molecule is CNS(=O)(=O)CCN=C(N)C1CCCC1. The molecule has 1 rings (SSSR count). The fraction of sp³-hybridized carbons (Fsp3) is 0.889. The van der Waals surface area contributed by atoms with E-state index in [0.717, 1.165) is 12.8 Å². The summed E-state index contributed by atoms with van der Waals surface area (Å²) in [5.74, 6) is 1.01. The number of rotatable bonds is 5. The van der Waals surface area contributed by atoms with E-state index in [2.05, 4.69) is 9.71 Å². The minimum absolute atomic E-state index is 0.0108. The van der Waals surface area contributed by atoms with Gasteiger partial charge in [-0.3, -0.25) is 4.99 Å². The first-order valence-corrected chi connectivity index (χ1v) is 6.91. The molecule has 0 aliphatic heterocycles. The van der Waals surface area contributed by atoms with Crippen molar-refractivity contribution in [3.8, 4) is 0 Å². The second-order valence-electron chi connectivity index (χ2n) is 3.81. The van der Waals surface area contributed by atoms with Crippen LogP contribution in [0.15, 0.2) is 4.99 Å². The summed E-state index contributed by atoms with van der Waals surface area (Å²) < 4.78 is 24.4. The molecule has 0 heterocycles. The Bertz CT molecular complexity index is 318. The van der Waals surface area contributed by atoms with Crippen molar-refractivity contribution < 1.29 is 8.42 Å². The summed E-state index contributed by atoms with van der Waals surface area (Å²) in [5, 5.41) is 0. The van der Waals surface area contributed by atoms with Gasteiger partial charge in [0.15, 0.2) is 0 Å². The maximum Gasteiger partial charge on any atom is 0.213 e. The van der Waals surface area contributed by atoms with Gasteiger partial charge >= 0.3 is 0 Å². The molecule has 0 aromatic carbocycles. The summed E-state index contributed by atoms with van der Waals surface area (Å²) in [5.41, 5.74) is 5.78. The lowest BCUT2D eigenvalue weighted by molar-refractivity contribution is 0.588. The van der Waals surface area contributed by atoms with E-state index in [1.807, 2.05) is 0 Å². The molecule has 1 fully saturated rings. The van der Waals surface area contributed by atoms with Gasteiger partial charge in [-0.1, -0.05) is 12.8 Å². The fourth-order valence-electron chi connectivity index (χ4n) is 1.75. The average Bonchev–Trinajstić information content (AvgIpc) is 2.70. The van der Waals surface area contributed by atoms with Gasteiger partial charge in [0.05, 0.1) is 18.1 Å². The van der Waals surface area contributed by atoms with E-state index >= 15 is 0 Å². The van der Waals surface area contributed by atoms with Crippen molar-refractivity contribution in [3.05, 3.63) is 0 Å². The van der Waals surface area contributed by atoms with Crippen LogP contribution in [-0.2, 0) is 10.0 Å². The molecule has 0 saturated heterocycles. The zero-order chi connectivity index (χ0) is 11.3. The van der Waals surface area contributed by atoms with E-state index in [9.17, 15) is 8.42 Å². The van der Waals surface area contributed by atoms with Crippen LogP contribution in [-0.4, -0.2) is 33.6 Å². The third-order valence-electron chi connectivity index (χ3n) is 2.74. The molecule has 0 bridgehead atoms. The van der Waals surface area contributed by atoms with Gasteiger partial charge in [0.25, 0.3) is 0 Å². The fourth-order valence-corrected chi connectivity index (χ4v) is 2.28. The number of nitrogens with zero attached hydrogens (tertiary/aromatic N) is 1. The van der Waals surface area contributed by atoms with Gasteiger partial charge in [0.1, 0.15) is 0 Å². The van der Waals surface area contributed by atoms with Crippen molar-refractivity contribution in [2.75, 3.05) is 19.3 Å². The molecule has 0 amide bonds. The van der Waals surface area contributed by atoms with Gasteiger partial charge in [-0.25, -0.2) is 13.1 Å². The lowest BCUT2D eigenvalue weighted by Gasteiger charge is -2.07. The summed E-state index contributed by atoms with van der Waals surface area (Å²) in [4.78, 5) is 4.11. The maximum atomic E-state index is 11.1. The first-order valence-electron chi connectivity index (χ1n) is 5.26. The Morgan fingerprint density at radius 1 is 1.47 bits per heavy atom. The van der Waals surface area contributed by atoms with E-state index in [-0.39, 0.29) is 12.3 Å². The number of nitrogens with two attached hydrogens (primary N) is 1. The van der Waals surface area contributed by atoms with Gasteiger partial charge in [-0.15, -0.1) is 0 Å². The van der Waals surface area contributed by atoms with Crippen molar-refractivity contribution in [1.82, 2.24) is 4.72 Å². The van der Waals surface area contributed by atoms with Crippen molar-refractivity contribution in [3.63, 3.8) is 0 Å². The van der Waals surface area contributed by atoms with E-state index < -0.39 is 10.0 Å². The van der Waals surface area contributed by atoms with Gasteiger partial charge in [0.2, 0.25) is 10.0 Å². The monoisotopic (exact) mass is 233 g/mol. The highest BCUT2D eigenvalue weighted by atomic mass is 32.2. The van der Waals surface area contributed by atoms with E-state index in [1.54, 1.807) is 0 Å². The summed E-state index contributed by atoms with van der Waals surface area (Å²) in [6.07, 6.45) is 4.59. The molecule has 15 heavy (non-hydrogen) atoms. The third kappa shape index (κ3) is 4.17. The molecule has 3 N–H and O–H groups in total. The molecule has 0 aromatic heterocycles. The van der Waals surface area contributed by atoms with Crippen LogP contribution in [0.2, 0.25) is 0 Å². The van der Waals surface area contributed by atoms with Crippen molar-refractivity contribution in [1.29, 1.82) is 0 Å². The van der Waals surface area contributed by atoms with Gasteiger partial charge in [-0.05, 0) is 19.9 Å². The van der Waals surface area contributed by atoms with E-state index in [4.69, 9.17) is 5.73 Å². The molecule has 1 aliphatic rings. The van der Waals surface area contributed by atoms with Crippen LogP contribution in [0.4, 0.5) is 0 Å². The quantitative estimate of drug-likeness (QED) is 0.521. The second kappa shape index (κ2) is 5.46. The van der Waals surface area contributed by atoms with Crippen molar-refractivity contribution >= 4 is 15.9 Å². The topological polar surface area (TPSA) is 84.5 Å². The Morgan fingerprint density at radius 3 is 2.60 bits per heavy atom. The number of hydrogen-bond donors (Lipinski definition) is 2. The van der Waals surface area contributed by atoms with E-state index in [1.165, 1.54) is 19.9 Å². The van der Waals surface area contributed by atoms with Crippen LogP contribution in [0.3, 0.4) is 0 Å². The molecule has 5 nitrogen and oxygen atoms in total. The zero-order valence-electron chi connectivity index (χ0n) is 9.07. The van der Waals surface area contributed by atoms with Crippen LogP contribution in [0.1, 0.15) is 25.7 Å². The minimum Gasteiger partial charge on any atom is -0.387 e. The first kappa shape index (κ1) is 12.4. The smallest absolute Gasteiger partial charge is 0.213 e. The zero-order valence-corrected chi connectivity index (χ0v) is 9.89. The lowest BCUT2D eigenvalue weighted by Crippen LogP contribution is -2.26. The Morgan fingerprint density at radius 2 is 2.07 bits per heavy atom. The lowest BCUT2D eigenvalue weighted by atomic mass is 10.1. The molecule has 88 valence electrons.